The first kappa shape index (κ1) is 11.0. The number of carbonyl (C=O) groups excluding carboxylic acids is 1. The van der Waals surface area contributed by atoms with Crippen molar-refractivity contribution >= 4 is 28.5 Å². The van der Waals surface area contributed by atoms with Gasteiger partial charge in [-0.25, -0.2) is 9.18 Å². The minimum atomic E-state index is -0.477. The second kappa shape index (κ2) is 4.14. The van der Waals surface area contributed by atoms with E-state index >= 15 is 0 Å². The van der Waals surface area contributed by atoms with Gasteiger partial charge in [0.15, 0.2) is 0 Å². The van der Waals surface area contributed by atoms with Crippen LogP contribution in [0, 0.1) is 5.82 Å². The van der Waals surface area contributed by atoms with Crippen LogP contribution >= 0.6 is 11.6 Å². The summed E-state index contributed by atoms with van der Waals surface area (Å²) in [4.78, 5) is 14.2. The molecule has 1 heterocycles. The van der Waals surface area contributed by atoms with Gasteiger partial charge in [-0.05, 0) is 25.1 Å². The lowest BCUT2D eigenvalue weighted by Gasteiger charge is -1.97. The lowest BCUT2D eigenvalue weighted by molar-refractivity contribution is 0.0520. The van der Waals surface area contributed by atoms with Crippen molar-refractivity contribution in [3.63, 3.8) is 0 Å². The fraction of sp³-hybridized carbons (Fsp3) is 0.182. The largest absolute Gasteiger partial charge is 0.461 e. The molecule has 0 bridgehead atoms. The van der Waals surface area contributed by atoms with E-state index in [4.69, 9.17) is 16.3 Å². The average molecular weight is 242 g/mol. The van der Waals surface area contributed by atoms with Crippen molar-refractivity contribution in [2.45, 2.75) is 6.92 Å². The number of hydrogen-bond donors (Lipinski definition) is 1. The molecule has 0 saturated heterocycles. The molecule has 0 amide bonds. The van der Waals surface area contributed by atoms with Crippen LogP contribution in [-0.4, -0.2) is 17.6 Å². The molecule has 5 heteroatoms. The third-order valence-corrected chi connectivity index (χ3v) is 2.44. The first-order chi connectivity index (χ1) is 7.61. The molecule has 3 nitrogen and oxygen atoms in total. The van der Waals surface area contributed by atoms with Crippen LogP contribution in [0.15, 0.2) is 18.2 Å². The molecule has 0 saturated carbocycles. The highest BCUT2D eigenvalue weighted by molar-refractivity contribution is 6.35. The maximum atomic E-state index is 13.0. The molecule has 0 aliphatic carbocycles. The third kappa shape index (κ3) is 1.88. The van der Waals surface area contributed by atoms with Gasteiger partial charge in [-0.1, -0.05) is 11.6 Å². The predicted octanol–water partition coefficient (Wildman–Crippen LogP) is 3.14. The molecule has 16 heavy (non-hydrogen) atoms. The van der Waals surface area contributed by atoms with Gasteiger partial charge in [-0.3, -0.25) is 0 Å². The molecule has 0 radical (unpaired) electrons. The van der Waals surface area contributed by atoms with Gasteiger partial charge < -0.3 is 9.72 Å². The Kier molecular flexibility index (Phi) is 2.83. The molecular weight excluding hydrogens is 233 g/mol. The van der Waals surface area contributed by atoms with Crippen LogP contribution in [0.25, 0.3) is 10.9 Å². The molecule has 0 unspecified atom stereocenters. The van der Waals surface area contributed by atoms with Crippen LogP contribution in [0.4, 0.5) is 4.39 Å². The summed E-state index contributed by atoms with van der Waals surface area (Å²) < 4.78 is 17.9. The number of ether oxygens (including phenoxy) is 1. The normalized spacial score (nSPS) is 10.7. The Morgan fingerprint density at radius 2 is 2.25 bits per heavy atom. The molecule has 1 aromatic carbocycles. The second-order valence-electron chi connectivity index (χ2n) is 3.26. The SMILES string of the molecule is CCOC(=O)c1cc2cc(F)cc(Cl)c2[nH]1. The molecule has 84 valence electrons. The van der Waals surface area contributed by atoms with E-state index in [0.29, 0.717) is 10.9 Å². The molecule has 0 atom stereocenters. The van der Waals surface area contributed by atoms with Crippen molar-refractivity contribution in [1.82, 2.24) is 4.98 Å². The maximum Gasteiger partial charge on any atom is 0.354 e. The highest BCUT2D eigenvalue weighted by atomic mass is 35.5. The number of hydrogen-bond acceptors (Lipinski definition) is 2. The Labute approximate surface area is 96.2 Å². The minimum absolute atomic E-state index is 0.241. The lowest BCUT2D eigenvalue weighted by Crippen LogP contribution is -2.04. The molecule has 2 aromatic rings. The topological polar surface area (TPSA) is 42.1 Å². The first-order valence-corrected chi connectivity index (χ1v) is 5.14. The Bertz CT molecular complexity index is 550. The third-order valence-electron chi connectivity index (χ3n) is 2.14. The van der Waals surface area contributed by atoms with Crippen molar-refractivity contribution in [3.05, 3.63) is 34.7 Å². The van der Waals surface area contributed by atoms with E-state index < -0.39 is 11.8 Å². The summed E-state index contributed by atoms with van der Waals surface area (Å²) in [6.07, 6.45) is 0. The van der Waals surface area contributed by atoms with E-state index in [-0.39, 0.29) is 17.3 Å². The van der Waals surface area contributed by atoms with Crippen molar-refractivity contribution in [1.29, 1.82) is 0 Å². The van der Waals surface area contributed by atoms with Gasteiger partial charge in [0.05, 0.1) is 17.1 Å². The fourth-order valence-electron chi connectivity index (χ4n) is 1.48. The van der Waals surface area contributed by atoms with Crippen LogP contribution < -0.4 is 0 Å². The summed E-state index contributed by atoms with van der Waals surface area (Å²) in [5.74, 6) is -0.915. The summed E-state index contributed by atoms with van der Waals surface area (Å²) in [7, 11) is 0. The average Bonchev–Trinajstić information content (AvgIpc) is 2.62. The number of carbonyl (C=O) groups is 1. The van der Waals surface area contributed by atoms with Crippen molar-refractivity contribution in [3.8, 4) is 0 Å². The number of esters is 1. The molecule has 1 aromatic heterocycles. The summed E-state index contributed by atoms with van der Waals surface area (Å²) in [5.41, 5.74) is 0.801. The molecule has 2 rings (SSSR count). The van der Waals surface area contributed by atoms with E-state index in [1.54, 1.807) is 6.92 Å². The Morgan fingerprint density at radius 3 is 2.94 bits per heavy atom. The number of benzene rings is 1. The summed E-state index contributed by atoms with van der Waals surface area (Å²) >= 11 is 5.83. The van der Waals surface area contributed by atoms with E-state index in [1.165, 1.54) is 18.2 Å². The van der Waals surface area contributed by atoms with E-state index in [0.717, 1.165) is 0 Å². The van der Waals surface area contributed by atoms with Crippen LogP contribution in [0.1, 0.15) is 17.4 Å². The number of fused-ring (bicyclic) bond motifs is 1. The first-order valence-electron chi connectivity index (χ1n) is 4.76. The van der Waals surface area contributed by atoms with Crippen molar-refractivity contribution < 1.29 is 13.9 Å². The fourth-order valence-corrected chi connectivity index (χ4v) is 1.74. The number of halogens is 2. The zero-order valence-corrected chi connectivity index (χ0v) is 9.27. The van der Waals surface area contributed by atoms with E-state index in [1.807, 2.05) is 0 Å². The smallest absolute Gasteiger partial charge is 0.354 e. The monoisotopic (exact) mass is 241 g/mol. The number of H-pyrrole nitrogens is 1. The molecule has 1 N–H and O–H groups in total. The number of rotatable bonds is 2. The maximum absolute atomic E-state index is 13.0. The Morgan fingerprint density at radius 1 is 1.50 bits per heavy atom. The molecular formula is C11H9ClFNO2. The summed E-state index contributed by atoms with van der Waals surface area (Å²) in [6, 6.07) is 4.01. The molecule has 0 aliphatic rings. The van der Waals surface area contributed by atoms with Gasteiger partial charge in [0.2, 0.25) is 0 Å². The number of aromatic nitrogens is 1. The van der Waals surface area contributed by atoms with Gasteiger partial charge in [-0.2, -0.15) is 0 Å². The summed E-state index contributed by atoms with van der Waals surface area (Å²) in [6.45, 7) is 2.00. The lowest BCUT2D eigenvalue weighted by atomic mass is 10.2. The van der Waals surface area contributed by atoms with Crippen LogP contribution in [0.5, 0.6) is 0 Å². The van der Waals surface area contributed by atoms with Crippen molar-refractivity contribution in [2.24, 2.45) is 0 Å². The van der Waals surface area contributed by atoms with Gasteiger partial charge in [0.1, 0.15) is 11.5 Å². The number of nitrogens with one attached hydrogen (secondary N) is 1. The van der Waals surface area contributed by atoms with Crippen LogP contribution in [0.2, 0.25) is 5.02 Å². The van der Waals surface area contributed by atoms with E-state index in [2.05, 4.69) is 4.98 Å². The highest BCUT2D eigenvalue weighted by Gasteiger charge is 2.12. The van der Waals surface area contributed by atoms with Gasteiger partial charge in [-0.15, -0.1) is 0 Å². The van der Waals surface area contributed by atoms with Gasteiger partial charge in [0.25, 0.3) is 0 Å². The van der Waals surface area contributed by atoms with Gasteiger partial charge >= 0.3 is 5.97 Å². The Hall–Kier alpha value is -1.55. The quantitative estimate of drug-likeness (QED) is 0.821. The summed E-state index contributed by atoms with van der Waals surface area (Å²) in [5, 5.41) is 0.790. The zero-order valence-electron chi connectivity index (χ0n) is 8.51. The second-order valence-corrected chi connectivity index (χ2v) is 3.66. The predicted molar refractivity (Wildman–Crippen MR) is 59.2 cm³/mol. The standard InChI is InChI=1S/C11H9ClFNO2/c1-2-16-11(15)9-4-6-3-7(13)5-8(12)10(6)14-9/h3-5,14H,2H2,1H3. The zero-order chi connectivity index (χ0) is 11.7. The van der Waals surface area contributed by atoms with Crippen LogP contribution in [0.3, 0.4) is 0 Å². The molecule has 0 aliphatic heterocycles. The minimum Gasteiger partial charge on any atom is -0.461 e. The van der Waals surface area contributed by atoms with E-state index in [9.17, 15) is 9.18 Å². The van der Waals surface area contributed by atoms with Crippen molar-refractivity contribution in [2.75, 3.05) is 6.61 Å². The van der Waals surface area contributed by atoms with Crippen LogP contribution in [-0.2, 0) is 4.74 Å². The number of aromatic amines is 1. The van der Waals surface area contributed by atoms with Gasteiger partial charge in [0, 0.05) is 5.39 Å². The molecule has 0 fully saturated rings. The highest BCUT2D eigenvalue weighted by Crippen LogP contribution is 2.25. The Balaban J connectivity index is 2.51. The molecule has 0 spiro atoms.